The van der Waals surface area contributed by atoms with Crippen molar-refractivity contribution in [2.24, 2.45) is 5.92 Å². The predicted octanol–water partition coefficient (Wildman–Crippen LogP) is -0.158. The number of likely N-dealkylation sites (tertiary alicyclic amines) is 1. The number of hydrogen-bond acceptors (Lipinski definition) is 3. The topological polar surface area (TPSA) is 18.5 Å². The van der Waals surface area contributed by atoms with Crippen LogP contribution in [0.1, 0.15) is 6.42 Å². The molecular weight excluding hydrogens is 162 g/mol. The van der Waals surface area contributed by atoms with E-state index in [9.17, 15) is 0 Å². The fraction of sp³-hybridized carbons (Fsp3) is 1.00. The summed E-state index contributed by atoms with van der Waals surface area (Å²) in [6, 6.07) is 0.846. The minimum Gasteiger partial charge on any atom is -0.315 e. The first kappa shape index (κ1) is 9.44. The van der Waals surface area contributed by atoms with Gasteiger partial charge in [0.15, 0.2) is 0 Å². The molecule has 0 radical (unpaired) electrons. The standard InChI is InChI=1S/C10H21N3/c1-12(2)6-9-7-13(8-9)10-3-4-11-5-10/h9-11H,3-8H2,1-2H3/t10-/m0/s1. The van der Waals surface area contributed by atoms with E-state index in [1.807, 2.05) is 0 Å². The molecule has 0 unspecified atom stereocenters. The van der Waals surface area contributed by atoms with E-state index in [1.165, 1.54) is 39.1 Å². The van der Waals surface area contributed by atoms with Crippen LogP contribution in [-0.2, 0) is 0 Å². The quantitative estimate of drug-likeness (QED) is 0.656. The van der Waals surface area contributed by atoms with E-state index in [0.29, 0.717) is 0 Å². The van der Waals surface area contributed by atoms with Gasteiger partial charge >= 0.3 is 0 Å². The van der Waals surface area contributed by atoms with Crippen molar-refractivity contribution in [1.29, 1.82) is 0 Å². The van der Waals surface area contributed by atoms with Gasteiger partial charge in [-0.1, -0.05) is 0 Å². The molecule has 76 valence electrons. The summed E-state index contributed by atoms with van der Waals surface area (Å²) in [4.78, 5) is 4.93. The normalized spacial score (nSPS) is 31.2. The maximum Gasteiger partial charge on any atom is 0.0232 e. The minimum atomic E-state index is 0.846. The molecule has 0 aromatic carbocycles. The zero-order chi connectivity index (χ0) is 9.26. The van der Waals surface area contributed by atoms with Crippen LogP contribution in [0.15, 0.2) is 0 Å². The van der Waals surface area contributed by atoms with Gasteiger partial charge in [0.1, 0.15) is 0 Å². The van der Waals surface area contributed by atoms with E-state index in [0.717, 1.165) is 12.0 Å². The Bertz CT molecular complexity index is 158. The van der Waals surface area contributed by atoms with Gasteiger partial charge in [-0.05, 0) is 33.0 Å². The van der Waals surface area contributed by atoms with Crippen LogP contribution in [0.3, 0.4) is 0 Å². The number of rotatable bonds is 3. The largest absolute Gasteiger partial charge is 0.315 e. The molecule has 13 heavy (non-hydrogen) atoms. The summed E-state index contributed by atoms with van der Waals surface area (Å²) in [5, 5.41) is 3.42. The van der Waals surface area contributed by atoms with Crippen molar-refractivity contribution in [2.45, 2.75) is 12.5 Å². The van der Waals surface area contributed by atoms with Crippen LogP contribution in [0.25, 0.3) is 0 Å². The molecule has 0 bridgehead atoms. The van der Waals surface area contributed by atoms with Gasteiger partial charge in [0, 0.05) is 32.2 Å². The molecule has 0 aromatic rings. The molecule has 1 N–H and O–H groups in total. The lowest BCUT2D eigenvalue weighted by molar-refractivity contribution is 0.0458. The van der Waals surface area contributed by atoms with Crippen LogP contribution in [-0.4, -0.2) is 62.7 Å². The third-order valence-corrected chi connectivity index (χ3v) is 3.16. The molecule has 2 heterocycles. The summed E-state index contributed by atoms with van der Waals surface area (Å²) in [6.45, 7) is 6.35. The molecule has 2 rings (SSSR count). The molecule has 2 saturated heterocycles. The fourth-order valence-electron chi connectivity index (χ4n) is 2.49. The average molecular weight is 183 g/mol. The predicted molar refractivity (Wildman–Crippen MR) is 54.9 cm³/mol. The van der Waals surface area contributed by atoms with Gasteiger partial charge in [-0.15, -0.1) is 0 Å². The smallest absolute Gasteiger partial charge is 0.0232 e. The highest BCUT2D eigenvalue weighted by atomic mass is 15.3. The van der Waals surface area contributed by atoms with Gasteiger partial charge in [0.2, 0.25) is 0 Å². The highest BCUT2D eigenvalue weighted by Gasteiger charge is 2.33. The zero-order valence-electron chi connectivity index (χ0n) is 8.79. The molecule has 0 saturated carbocycles. The Kier molecular flexibility index (Phi) is 2.86. The van der Waals surface area contributed by atoms with Crippen molar-refractivity contribution in [3.63, 3.8) is 0 Å². The Balaban J connectivity index is 1.66. The monoisotopic (exact) mass is 183 g/mol. The molecule has 3 nitrogen and oxygen atoms in total. The summed E-state index contributed by atoms with van der Waals surface area (Å²) in [7, 11) is 4.33. The van der Waals surface area contributed by atoms with Crippen LogP contribution >= 0.6 is 0 Å². The first-order valence-electron chi connectivity index (χ1n) is 5.35. The van der Waals surface area contributed by atoms with Crippen LogP contribution in [0.5, 0.6) is 0 Å². The second-order valence-electron chi connectivity index (χ2n) is 4.73. The third-order valence-electron chi connectivity index (χ3n) is 3.16. The SMILES string of the molecule is CN(C)CC1CN([C@H]2CCNC2)C1. The Morgan fingerprint density at radius 3 is 2.69 bits per heavy atom. The third kappa shape index (κ3) is 2.22. The minimum absolute atomic E-state index is 0.846. The van der Waals surface area contributed by atoms with E-state index in [-0.39, 0.29) is 0 Å². The first-order valence-corrected chi connectivity index (χ1v) is 5.35. The van der Waals surface area contributed by atoms with Crippen LogP contribution in [0, 0.1) is 5.92 Å². The molecule has 0 aliphatic carbocycles. The van der Waals surface area contributed by atoms with E-state index in [2.05, 4.69) is 29.2 Å². The lowest BCUT2D eigenvalue weighted by atomic mass is 9.97. The summed E-state index contributed by atoms with van der Waals surface area (Å²) >= 11 is 0. The highest BCUT2D eigenvalue weighted by molar-refractivity contribution is 4.90. The molecule has 0 amide bonds. The van der Waals surface area contributed by atoms with Crippen molar-refractivity contribution in [2.75, 3.05) is 46.8 Å². The van der Waals surface area contributed by atoms with Crippen LogP contribution < -0.4 is 5.32 Å². The molecule has 2 aliphatic rings. The summed E-state index contributed by atoms with van der Waals surface area (Å²) < 4.78 is 0. The van der Waals surface area contributed by atoms with E-state index in [1.54, 1.807) is 0 Å². The van der Waals surface area contributed by atoms with Crippen molar-refractivity contribution in [1.82, 2.24) is 15.1 Å². The van der Waals surface area contributed by atoms with Gasteiger partial charge in [0.25, 0.3) is 0 Å². The van der Waals surface area contributed by atoms with E-state index in [4.69, 9.17) is 0 Å². The lowest BCUT2D eigenvalue weighted by Gasteiger charge is -2.44. The summed E-state index contributed by atoms with van der Waals surface area (Å²) in [5.41, 5.74) is 0. The van der Waals surface area contributed by atoms with Crippen molar-refractivity contribution in [3.8, 4) is 0 Å². The lowest BCUT2D eigenvalue weighted by Crippen LogP contribution is -2.55. The van der Waals surface area contributed by atoms with Gasteiger partial charge in [-0.25, -0.2) is 0 Å². The number of nitrogens with zero attached hydrogens (tertiary/aromatic N) is 2. The summed E-state index contributed by atoms with van der Waals surface area (Å²) in [6.07, 6.45) is 1.36. The maximum atomic E-state index is 3.42. The van der Waals surface area contributed by atoms with E-state index < -0.39 is 0 Å². The van der Waals surface area contributed by atoms with Gasteiger partial charge in [0.05, 0.1) is 0 Å². The number of nitrogens with one attached hydrogen (secondary N) is 1. The van der Waals surface area contributed by atoms with Gasteiger partial charge < -0.3 is 10.2 Å². The van der Waals surface area contributed by atoms with Crippen molar-refractivity contribution >= 4 is 0 Å². The van der Waals surface area contributed by atoms with E-state index >= 15 is 0 Å². The van der Waals surface area contributed by atoms with Crippen LogP contribution in [0.2, 0.25) is 0 Å². The number of hydrogen-bond donors (Lipinski definition) is 1. The van der Waals surface area contributed by atoms with Crippen LogP contribution in [0.4, 0.5) is 0 Å². The second-order valence-corrected chi connectivity index (χ2v) is 4.73. The highest BCUT2D eigenvalue weighted by Crippen LogP contribution is 2.21. The molecular formula is C10H21N3. The Hall–Kier alpha value is -0.120. The Labute approximate surface area is 81.1 Å². The fourth-order valence-corrected chi connectivity index (χ4v) is 2.49. The first-order chi connectivity index (χ1) is 6.25. The molecule has 1 atom stereocenters. The molecule has 2 aliphatic heterocycles. The molecule has 0 aromatic heterocycles. The zero-order valence-corrected chi connectivity index (χ0v) is 8.79. The summed E-state index contributed by atoms with van der Waals surface area (Å²) in [5.74, 6) is 0.926. The molecule has 0 spiro atoms. The van der Waals surface area contributed by atoms with Crippen molar-refractivity contribution < 1.29 is 0 Å². The van der Waals surface area contributed by atoms with Gasteiger partial charge in [-0.3, -0.25) is 4.90 Å². The van der Waals surface area contributed by atoms with Crippen molar-refractivity contribution in [3.05, 3.63) is 0 Å². The van der Waals surface area contributed by atoms with Gasteiger partial charge in [-0.2, -0.15) is 0 Å². The molecule has 2 fully saturated rings. The maximum absolute atomic E-state index is 3.42. The molecule has 3 heteroatoms. The Morgan fingerprint density at radius 2 is 2.15 bits per heavy atom. The second kappa shape index (κ2) is 3.95. The Morgan fingerprint density at radius 1 is 1.38 bits per heavy atom. The average Bonchev–Trinajstić information content (AvgIpc) is 2.46.